The van der Waals surface area contributed by atoms with Gasteiger partial charge in [-0.05, 0) is 37.5 Å². The molecule has 0 bridgehead atoms. The van der Waals surface area contributed by atoms with Crippen LogP contribution in [0.3, 0.4) is 0 Å². The zero-order chi connectivity index (χ0) is 22.1. The molecule has 0 unspecified atom stereocenters. The summed E-state index contributed by atoms with van der Waals surface area (Å²) in [6.45, 7) is 3.97. The summed E-state index contributed by atoms with van der Waals surface area (Å²) in [7, 11) is 1.59. The molecule has 3 rings (SSSR count). The van der Waals surface area contributed by atoms with Crippen molar-refractivity contribution in [3.05, 3.63) is 60.2 Å². The minimum absolute atomic E-state index is 0.0422. The van der Waals surface area contributed by atoms with E-state index in [2.05, 4.69) is 32.7 Å². The number of carbonyl (C=O) groups is 1. The number of ether oxygens (including phenoxy) is 1. The van der Waals surface area contributed by atoms with Gasteiger partial charge in [0.25, 0.3) is 0 Å². The zero-order valence-electron chi connectivity index (χ0n) is 18.1. The van der Waals surface area contributed by atoms with Gasteiger partial charge < -0.3 is 15.0 Å². The number of rotatable bonds is 6. The van der Waals surface area contributed by atoms with Crippen LogP contribution in [0.4, 0.5) is 5.69 Å². The molecule has 1 aliphatic heterocycles. The van der Waals surface area contributed by atoms with Crippen LogP contribution in [0.2, 0.25) is 0 Å². The van der Waals surface area contributed by atoms with Gasteiger partial charge in [-0.15, -0.1) is 0 Å². The predicted octanol–water partition coefficient (Wildman–Crippen LogP) is 3.50. The molecule has 1 saturated heterocycles. The predicted molar refractivity (Wildman–Crippen MR) is 122 cm³/mol. The number of guanidine groups is 1. The van der Waals surface area contributed by atoms with Gasteiger partial charge in [0.1, 0.15) is 5.75 Å². The number of methoxy groups -OCH3 is 1. The summed E-state index contributed by atoms with van der Waals surface area (Å²) >= 11 is 0. The highest BCUT2D eigenvalue weighted by atomic mass is 16.5. The Morgan fingerprint density at radius 1 is 1.16 bits per heavy atom. The van der Waals surface area contributed by atoms with Crippen LogP contribution in [-0.4, -0.2) is 43.5 Å². The molecule has 0 spiro atoms. The first kappa shape index (κ1) is 22.2. The summed E-state index contributed by atoms with van der Waals surface area (Å²) in [5.74, 6) is 1.20. The van der Waals surface area contributed by atoms with E-state index in [0.29, 0.717) is 43.5 Å². The number of piperidine rings is 1. The fraction of sp³-hybridized carbons (Fsp3) is 0.375. The minimum Gasteiger partial charge on any atom is -0.495 e. The molecule has 0 aliphatic carbocycles. The Morgan fingerprint density at radius 2 is 1.84 bits per heavy atom. The molecule has 31 heavy (non-hydrogen) atoms. The Kier molecular flexibility index (Phi) is 7.50. The van der Waals surface area contributed by atoms with Crippen LogP contribution >= 0.6 is 0 Å². The van der Waals surface area contributed by atoms with Crippen molar-refractivity contribution < 1.29 is 9.53 Å². The maximum Gasteiger partial charge on any atom is 0.225 e. The molecule has 7 heteroatoms. The van der Waals surface area contributed by atoms with Gasteiger partial charge in [-0.1, -0.05) is 42.5 Å². The van der Waals surface area contributed by atoms with Crippen LogP contribution in [0.15, 0.2) is 59.6 Å². The van der Waals surface area contributed by atoms with E-state index in [4.69, 9.17) is 10.00 Å². The monoisotopic (exact) mass is 419 g/mol. The lowest BCUT2D eigenvalue weighted by molar-refractivity contribution is -0.117. The number of carbonyl (C=O) groups excluding carboxylic acids is 1. The smallest absolute Gasteiger partial charge is 0.225 e. The van der Waals surface area contributed by atoms with E-state index >= 15 is 0 Å². The largest absolute Gasteiger partial charge is 0.495 e. The molecule has 1 aliphatic rings. The molecule has 7 nitrogen and oxygen atoms in total. The highest BCUT2D eigenvalue weighted by molar-refractivity contribution is 5.93. The zero-order valence-corrected chi connectivity index (χ0v) is 18.1. The number of nitrogens with one attached hydrogen (secondary N) is 2. The molecule has 2 N–H and O–H groups in total. The molecule has 1 fully saturated rings. The fourth-order valence-corrected chi connectivity index (χ4v) is 4.17. The van der Waals surface area contributed by atoms with Gasteiger partial charge in [0, 0.05) is 31.5 Å². The summed E-state index contributed by atoms with van der Waals surface area (Å²) < 4.78 is 5.36. The number of likely N-dealkylation sites (tertiary alicyclic amines) is 1. The van der Waals surface area contributed by atoms with Crippen molar-refractivity contribution in [3.63, 3.8) is 0 Å². The highest BCUT2D eigenvalue weighted by Gasteiger charge is 2.39. The Morgan fingerprint density at radius 3 is 2.48 bits per heavy atom. The number of anilines is 1. The van der Waals surface area contributed by atoms with Crippen LogP contribution in [0, 0.1) is 11.5 Å². The summed E-state index contributed by atoms with van der Waals surface area (Å²) in [5, 5.41) is 14.8. The third-order valence-corrected chi connectivity index (χ3v) is 5.76. The number of para-hydroxylation sites is 2. The molecule has 0 atom stereocenters. The summed E-state index contributed by atoms with van der Waals surface area (Å²) in [5.41, 5.74) is 1.55. The Bertz CT molecular complexity index is 944. The molecular formula is C24H29N5O2. The Hall–Kier alpha value is -3.53. The summed E-state index contributed by atoms with van der Waals surface area (Å²) in [6, 6.07) is 17.6. The second-order valence-corrected chi connectivity index (χ2v) is 7.59. The van der Waals surface area contributed by atoms with Crippen molar-refractivity contribution in [2.75, 3.05) is 32.1 Å². The number of amides is 1. The fourth-order valence-electron chi connectivity index (χ4n) is 4.17. The second-order valence-electron chi connectivity index (χ2n) is 7.59. The van der Waals surface area contributed by atoms with Crippen LogP contribution in [0.1, 0.15) is 31.7 Å². The van der Waals surface area contributed by atoms with E-state index in [1.165, 1.54) is 0 Å². The van der Waals surface area contributed by atoms with E-state index in [1.807, 2.05) is 55.6 Å². The van der Waals surface area contributed by atoms with Crippen LogP contribution in [-0.2, 0) is 10.2 Å². The maximum atomic E-state index is 13.1. The highest BCUT2D eigenvalue weighted by Crippen LogP contribution is 2.39. The molecule has 2 aromatic carbocycles. The number of nitrogens with zero attached hydrogens (tertiary/aromatic N) is 3. The van der Waals surface area contributed by atoms with Gasteiger partial charge in [0.15, 0.2) is 6.19 Å². The second kappa shape index (κ2) is 10.5. The van der Waals surface area contributed by atoms with Crippen molar-refractivity contribution in [2.24, 2.45) is 4.99 Å². The lowest BCUT2D eigenvalue weighted by Gasteiger charge is -2.42. The van der Waals surface area contributed by atoms with Crippen molar-refractivity contribution in [3.8, 4) is 11.9 Å². The van der Waals surface area contributed by atoms with Gasteiger partial charge in [-0.3, -0.25) is 15.1 Å². The van der Waals surface area contributed by atoms with Gasteiger partial charge in [-0.2, -0.15) is 5.26 Å². The third-order valence-electron chi connectivity index (χ3n) is 5.76. The summed E-state index contributed by atoms with van der Waals surface area (Å²) in [4.78, 5) is 19.6. The topological polar surface area (TPSA) is 89.8 Å². The van der Waals surface area contributed by atoms with E-state index in [-0.39, 0.29) is 11.3 Å². The lowest BCUT2D eigenvalue weighted by Crippen LogP contribution is -2.49. The molecule has 0 aromatic heterocycles. The molecule has 2 aromatic rings. The van der Waals surface area contributed by atoms with Gasteiger partial charge in [0.05, 0.1) is 12.8 Å². The van der Waals surface area contributed by atoms with E-state index in [1.54, 1.807) is 7.11 Å². The number of benzene rings is 2. The average Bonchev–Trinajstić information content (AvgIpc) is 2.80. The van der Waals surface area contributed by atoms with E-state index in [0.717, 1.165) is 18.4 Å². The number of hydrogen-bond acceptors (Lipinski definition) is 4. The summed E-state index contributed by atoms with van der Waals surface area (Å²) in [6.07, 6.45) is 3.91. The maximum absolute atomic E-state index is 13.1. The van der Waals surface area contributed by atoms with Gasteiger partial charge >= 0.3 is 0 Å². The molecule has 1 heterocycles. The van der Waals surface area contributed by atoms with Crippen molar-refractivity contribution >= 4 is 17.6 Å². The van der Waals surface area contributed by atoms with Crippen LogP contribution in [0.25, 0.3) is 0 Å². The third kappa shape index (κ3) is 5.34. The van der Waals surface area contributed by atoms with E-state index in [9.17, 15) is 4.79 Å². The average molecular weight is 420 g/mol. The molecule has 0 radical (unpaired) electrons. The van der Waals surface area contributed by atoms with Crippen LogP contribution in [0.5, 0.6) is 5.75 Å². The minimum atomic E-state index is -0.284. The molecular weight excluding hydrogens is 390 g/mol. The van der Waals surface area contributed by atoms with Crippen molar-refractivity contribution in [1.82, 2.24) is 10.2 Å². The first-order valence-corrected chi connectivity index (χ1v) is 10.5. The van der Waals surface area contributed by atoms with Gasteiger partial charge in [-0.25, -0.2) is 0 Å². The Balaban J connectivity index is 1.79. The van der Waals surface area contributed by atoms with Crippen molar-refractivity contribution in [1.29, 1.82) is 5.26 Å². The molecule has 0 saturated carbocycles. The number of nitriles is 1. The number of hydrogen-bond donors (Lipinski definition) is 2. The first-order valence-electron chi connectivity index (χ1n) is 10.5. The van der Waals surface area contributed by atoms with E-state index < -0.39 is 0 Å². The normalized spacial score (nSPS) is 15.6. The lowest BCUT2D eigenvalue weighted by atomic mass is 9.70. The quantitative estimate of drug-likeness (QED) is 0.324. The van der Waals surface area contributed by atoms with Crippen LogP contribution < -0.4 is 15.4 Å². The first-order chi connectivity index (χ1) is 15.1. The standard InChI is InChI=1S/C24H29N5O2/c1-3-26-23(27-18-25)29-15-13-24(14-16-29,19-9-5-4-6-10-19)17-22(30)28-20-11-7-8-12-21(20)31-2/h4-12H,3,13-17H2,1-2H3,(H,26,27)(H,28,30). The Labute approximate surface area is 183 Å². The molecule has 162 valence electrons. The van der Waals surface area contributed by atoms with Gasteiger partial charge in [0.2, 0.25) is 11.9 Å². The SMILES string of the molecule is CCN=C(NC#N)N1CCC(CC(=O)Nc2ccccc2OC)(c2ccccc2)CC1. The number of aliphatic imine (C=N–C) groups is 1. The van der Waals surface area contributed by atoms with Crippen molar-refractivity contribution in [2.45, 2.75) is 31.6 Å². The molecule has 1 amide bonds.